The normalized spacial score (nSPS) is 11.0. The Hall–Kier alpha value is -2.23. The van der Waals surface area contributed by atoms with Crippen LogP contribution in [0.4, 0.5) is 0 Å². The summed E-state index contributed by atoms with van der Waals surface area (Å²) in [5.74, 6) is 0.863. The van der Waals surface area contributed by atoms with Crippen molar-refractivity contribution in [2.75, 3.05) is 7.11 Å². The van der Waals surface area contributed by atoms with Gasteiger partial charge in [0, 0.05) is 35.8 Å². The van der Waals surface area contributed by atoms with E-state index in [1.54, 1.807) is 13.4 Å². The highest BCUT2D eigenvalue weighted by molar-refractivity contribution is 5.95. The maximum Gasteiger partial charge on any atom is 0.124 e. The Morgan fingerprint density at radius 2 is 2.22 bits per heavy atom. The molecule has 4 nitrogen and oxygen atoms in total. The molecule has 4 heteroatoms. The summed E-state index contributed by atoms with van der Waals surface area (Å²) in [5.41, 5.74) is 3.09. The van der Waals surface area contributed by atoms with Gasteiger partial charge in [-0.1, -0.05) is 5.16 Å². The van der Waals surface area contributed by atoms with Crippen LogP contribution in [0.5, 0.6) is 5.75 Å². The molecule has 0 aliphatic heterocycles. The first-order valence-electron chi connectivity index (χ1n) is 5.91. The summed E-state index contributed by atoms with van der Waals surface area (Å²) < 4.78 is 12.4. The fraction of sp³-hybridized carbons (Fsp3) is 0.214. The van der Waals surface area contributed by atoms with E-state index >= 15 is 0 Å². The van der Waals surface area contributed by atoms with Gasteiger partial charge in [0.25, 0.3) is 0 Å². The summed E-state index contributed by atoms with van der Waals surface area (Å²) in [6.45, 7) is 3.02. The summed E-state index contributed by atoms with van der Waals surface area (Å²) in [4.78, 5) is 0. The first kappa shape index (κ1) is 10.9. The molecule has 0 fully saturated rings. The zero-order chi connectivity index (χ0) is 12.5. The molecule has 0 unspecified atom stereocenters. The molecule has 0 aliphatic carbocycles. The second kappa shape index (κ2) is 4.22. The van der Waals surface area contributed by atoms with E-state index in [0.29, 0.717) is 0 Å². The molecule has 0 radical (unpaired) electrons. The fourth-order valence-corrected chi connectivity index (χ4v) is 2.22. The van der Waals surface area contributed by atoms with Crippen molar-refractivity contribution < 1.29 is 9.26 Å². The predicted molar refractivity (Wildman–Crippen MR) is 69.7 cm³/mol. The third kappa shape index (κ3) is 1.57. The van der Waals surface area contributed by atoms with E-state index in [1.165, 1.54) is 0 Å². The van der Waals surface area contributed by atoms with Crippen molar-refractivity contribution in [1.82, 2.24) is 9.72 Å². The number of fused-ring (bicyclic) bond motifs is 1. The number of rotatable bonds is 3. The molecule has 0 aliphatic rings. The Morgan fingerprint density at radius 1 is 1.33 bits per heavy atom. The van der Waals surface area contributed by atoms with E-state index in [0.717, 1.165) is 34.5 Å². The Labute approximate surface area is 105 Å². The molecule has 0 saturated carbocycles. The van der Waals surface area contributed by atoms with Crippen molar-refractivity contribution >= 4 is 10.9 Å². The lowest BCUT2D eigenvalue weighted by Crippen LogP contribution is -1.91. The quantitative estimate of drug-likeness (QED) is 0.707. The van der Waals surface area contributed by atoms with Crippen LogP contribution in [0.25, 0.3) is 22.2 Å². The molecule has 0 amide bonds. The summed E-state index contributed by atoms with van der Waals surface area (Å²) in [7, 11) is 1.68. The number of hydrogen-bond acceptors (Lipinski definition) is 3. The van der Waals surface area contributed by atoms with Crippen LogP contribution in [-0.2, 0) is 6.54 Å². The number of aromatic nitrogens is 2. The molecule has 0 atom stereocenters. The molecule has 0 bridgehead atoms. The van der Waals surface area contributed by atoms with Gasteiger partial charge in [0.1, 0.15) is 17.7 Å². The Bertz CT molecular complexity index is 668. The predicted octanol–water partition coefficient (Wildman–Crippen LogP) is 3.32. The minimum Gasteiger partial charge on any atom is -0.497 e. The Morgan fingerprint density at radius 3 is 2.89 bits per heavy atom. The molecule has 0 N–H and O–H groups in total. The van der Waals surface area contributed by atoms with Crippen molar-refractivity contribution in [2.45, 2.75) is 13.5 Å². The molecule has 1 aromatic carbocycles. The first-order valence-corrected chi connectivity index (χ1v) is 5.91. The van der Waals surface area contributed by atoms with Crippen molar-refractivity contribution in [3.05, 3.63) is 36.7 Å². The van der Waals surface area contributed by atoms with Gasteiger partial charge in [-0.25, -0.2) is 0 Å². The second-order valence-corrected chi connectivity index (χ2v) is 4.10. The van der Waals surface area contributed by atoms with Gasteiger partial charge in [-0.15, -0.1) is 0 Å². The van der Waals surface area contributed by atoms with E-state index in [1.807, 2.05) is 18.2 Å². The third-order valence-electron chi connectivity index (χ3n) is 3.14. The molecule has 3 rings (SSSR count). The van der Waals surface area contributed by atoms with Crippen LogP contribution in [0.3, 0.4) is 0 Å². The average molecular weight is 242 g/mol. The smallest absolute Gasteiger partial charge is 0.124 e. The zero-order valence-electron chi connectivity index (χ0n) is 10.4. The largest absolute Gasteiger partial charge is 0.497 e. The molecule has 3 aromatic rings. The first-order chi connectivity index (χ1) is 8.83. The molecule has 0 spiro atoms. The standard InChI is InChI=1S/C14H14N2O2/c1-3-16-9-12(13-6-7-18-15-13)11-5-4-10(17-2)8-14(11)16/h4-9H,3H2,1-2H3. The SMILES string of the molecule is CCn1cc(-c2ccon2)c2ccc(OC)cc21. The number of nitrogens with zero attached hydrogens (tertiary/aromatic N) is 2. The van der Waals surface area contributed by atoms with Gasteiger partial charge < -0.3 is 13.8 Å². The lowest BCUT2D eigenvalue weighted by Gasteiger charge is -2.03. The monoisotopic (exact) mass is 242 g/mol. The van der Waals surface area contributed by atoms with Gasteiger partial charge in [0.15, 0.2) is 0 Å². The van der Waals surface area contributed by atoms with Crippen LogP contribution < -0.4 is 4.74 Å². The van der Waals surface area contributed by atoms with Gasteiger partial charge in [0.2, 0.25) is 0 Å². The number of hydrogen-bond donors (Lipinski definition) is 0. The van der Waals surface area contributed by atoms with Gasteiger partial charge in [-0.05, 0) is 19.1 Å². The van der Waals surface area contributed by atoms with Crippen molar-refractivity contribution in [3.8, 4) is 17.0 Å². The molecule has 92 valence electrons. The molecular formula is C14H14N2O2. The van der Waals surface area contributed by atoms with Crippen molar-refractivity contribution in [2.24, 2.45) is 0 Å². The van der Waals surface area contributed by atoms with E-state index in [-0.39, 0.29) is 0 Å². The second-order valence-electron chi connectivity index (χ2n) is 4.10. The van der Waals surface area contributed by atoms with Gasteiger partial charge >= 0.3 is 0 Å². The number of ether oxygens (including phenoxy) is 1. The number of aryl methyl sites for hydroxylation is 1. The molecule has 2 heterocycles. The summed E-state index contributed by atoms with van der Waals surface area (Å²) in [6.07, 6.45) is 3.69. The van der Waals surface area contributed by atoms with E-state index in [2.05, 4.69) is 28.9 Å². The van der Waals surface area contributed by atoms with Crippen LogP contribution in [0, 0.1) is 0 Å². The van der Waals surface area contributed by atoms with Crippen LogP contribution in [0.1, 0.15) is 6.92 Å². The van der Waals surface area contributed by atoms with Crippen molar-refractivity contribution in [3.63, 3.8) is 0 Å². The van der Waals surface area contributed by atoms with Gasteiger partial charge in [0.05, 0.1) is 12.6 Å². The molecule has 2 aromatic heterocycles. The van der Waals surface area contributed by atoms with Crippen LogP contribution >= 0.6 is 0 Å². The van der Waals surface area contributed by atoms with Gasteiger partial charge in [-0.2, -0.15) is 0 Å². The van der Waals surface area contributed by atoms with E-state index in [4.69, 9.17) is 9.26 Å². The number of benzene rings is 1. The Kier molecular flexibility index (Phi) is 2.55. The topological polar surface area (TPSA) is 40.2 Å². The van der Waals surface area contributed by atoms with Crippen LogP contribution in [-0.4, -0.2) is 16.8 Å². The molecule has 18 heavy (non-hydrogen) atoms. The van der Waals surface area contributed by atoms with E-state index < -0.39 is 0 Å². The maximum absolute atomic E-state index is 5.27. The van der Waals surface area contributed by atoms with Crippen molar-refractivity contribution in [1.29, 1.82) is 0 Å². The average Bonchev–Trinajstić information content (AvgIpc) is 3.04. The van der Waals surface area contributed by atoms with Crippen LogP contribution in [0.2, 0.25) is 0 Å². The van der Waals surface area contributed by atoms with Crippen LogP contribution in [0.15, 0.2) is 41.2 Å². The highest BCUT2D eigenvalue weighted by Gasteiger charge is 2.12. The minimum absolute atomic E-state index is 0.859. The number of methoxy groups -OCH3 is 1. The van der Waals surface area contributed by atoms with Gasteiger partial charge in [-0.3, -0.25) is 0 Å². The highest BCUT2D eigenvalue weighted by Crippen LogP contribution is 2.31. The lowest BCUT2D eigenvalue weighted by molar-refractivity contribution is 0.415. The third-order valence-corrected chi connectivity index (χ3v) is 3.14. The molecule has 0 saturated heterocycles. The fourth-order valence-electron chi connectivity index (χ4n) is 2.22. The Balaban J connectivity index is 2.28. The zero-order valence-corrected chi connectivity index (χ0v) is 10.4. The lowest BCUT2D eigenvalue weighted by atomic mass is 10.1. The summed E-state index contributed by atoms with van der Waals surface area (Å²) in [5, 5.41) is 5.17. The highest BCUT2D eigenvalue weighted by atomic mass is 16.5. The maximum atomic E-state index is 5.27. The van der Waals surface area contributed by atoms with E-state index in [9.17, 15) is 0 Å². The minimum atomic E-state index is 0.859. The summed E-state index contributed by atoms with van der Waals surface area (Å²) >= 11 is 0. The molecular weight excluding hydrogens is 228 g/mol. The summed E-state index contributed by atoms with van der Waals surface area (Å²) in [6, 6.07) is 7.94.